The molecule has 9 heteroatoms. The van der Waals surface area contributed by atoms with Gasteiger partial charge in [-0.05, 0) is 38.5 Å². The zero-order valence-electron chi connectivity index (χ0n) is 39.7. The normalized spacial score (nSPS) is 20.0. The minimum absolute atomic E-state index is 0.115. The SMILES string of the molecule is CCC/C=C\C/C=C\CCCCCCCC(=O)OC(COCCCCCCCCCCCCCCCCCCCCCCCCCCC)COC1OC(CO)C(O)C(O)C1O. The minimum atomic E-state index is -1.54. The summed E-state index contributed by atoms with van der Waals surface area (Å²) in [6.45, 7) is 4.52. The molecule has 0 aromatic heterocycles. The molecule has 0 aliphatic carbocycles. The standard InChI is InChI=1S/C52H98O9/c1-3-5-7-9-11-13-15-17-18-19-20-21-22-23-24-25-26-27-28-30-32-34-36-38-40-42-58-44-46(45-59-52-51(57)50(56)49(55)47(43-53)61-52)60-48(54)41-39-37-35-33-31-29-16-14-12-10-8-6-4-2/h8,10,14,16,46-47,49-53,55-57H,3-7,9,11-13,15,17-45H2,1-2H3/b10-8-,16-14-. The molecule has 6 atom stereocenters. The monoisotopic (exact) mass is 867 g/mol. The lowest BCUT2D eigenvalue weighted by molar-refractivity contribution is -0.305. The molecular weight excluding hydrogens is 769 g/mol. The van der Waals surface area contributed by atoms with Crippen LogP contribution in [0.2, 0.25) is 0 Å². The molecule has 6 unspecified atom stereocenters. The smallest absolute Gasteiger partial charge is 0.306 e. The van der Waals surface area contributed by atoms with Crippen molar-refractivity contribution >= 4 is 5.97 Å². The van der Waals surface area contributed by atoms with E-state index in [0.29, 0.717) is 13.0 Å². The van der Waals surface area contributed by atoms with Crippen LogP contribution < -0.4 is 0 Å². The summed E-state index contributed by atoms with van der Waals surface area (Å²) in [5.41, 5.74) is 0. The van der Waals surface area contributed by atoms with Crippen LogP contribution in [-0.4, -0.2) is 89.6 Å². The Morgan fingerprint density at radius 2 is 0.984 bits per heavy atom. The number of allylic oxidation sites excluding steroid dienone is 4. The van der Waals surface area contributed by atoms with Gasteiger partial charge in [0.15, 0.2) is 6.29 Å². The van der Waals surface area contributed by atoms with Gasteiger partial charge in [0.2, 0.25) is 0 Å². The number of rotatable bonds is 45. The average molecular weight is 867 g/mol. The second-order valence-corrected chi connectivity index (χ2v) is 18.0. The van der Waals surface area contributed by atoms with Gasteiger partial charge >= 0.3 is 5.97 Å². The Morgan fingerprint density at radius 1 is 0.525 bits per heavy atom. The summed E-state index contributed by atoms with van der Waals surface area (Å²) in [6, 6.07) is 0. The predicted molar refractivity (Wildman–Crippen MR) is 252 cm³/mol. The van der Waals surface area contributed by atoms with E-state index >= 15 is 0 Å². The Morgan fingerprint density at radius 3 is 1.48 bits per heavy atom. The molecule has 0 amide bonds. The third-order valence-corrected chi connectivity index (χ3v) is 12.1. The highest BCUT2D eigenvalue weighted by Crippen LogP contribution is 2.23. The fraction of sp³-hybridized carbons (Fsp3) is 0.904. The second-order valence-electron chi connectivity index (χ2n) is 18.0. The second kappa shape index (κ2) is 43.9. The number of aliphatic hydroxyl groups excluding tert-OH is 4. The van der Waals surface area contributed by atoms with Crippen LogP contribution in [0.1, 0.15) is 239 Å². The van der Waals surface area contributed by atoms with Gasteiger partial charge in [0.1, 0.15) is 30.5 Å². The van der Waals surface area contributed by atoms with E-state index in [9.17, 15) is 25.2 Å². The lowest BCUT2D eigenvalue weighted by atomic mass is 9.99. The third-order valence-electron chi connectivity index (χ3n) is 12.1. The molecule has 1 fully saturated rings. The predicted octanol–water partition coefficient (Wildman–Crippen LogP) is 12.5. The molecule has 0 aromatic carbocycles. The first kappa shape index (κ1) is 57.7. The van der Waals surface area contributed by atoms with Crippen LogP contribution in [0.25, 0.3) is 0 Å². The van der Waals surface area contributed by atoms with Crippen LogP contribution in [-0.2, 0) is 23.7 Å². The first-order valence-corrected chi connectivity index (χ1v) is 25.9. The first-order chi connectivity index (χ1) is 29.9. The largest absolute Gasteiger partial charge is 0.457 e. The summed E-state index contributed by atoms with van der Waals surface area (Å²) >= 11 is 0. The zero-order chi connectivity index (χ0) is 44.3. The first-order valence-electron chi connectivity index (χ1n) is 25.9. The number of hydrogen-bond acceptors (Lipinski definition) is 9. The molecule has 1 aliphatic rings. The molecule has 360 valence electrons. The Hall–Kier alpha value is -1.33. The molecule has 0 bridgehead atoms. The summed E-state index contributed by atoms with van der Waals surface area (Å²) in [5, 5.41) is 40.2. The van der Waals surface area contributed by atoms with Crippen molar-refractivity contribution in [2.45, 2.75) is 275 Å². The van der Waals surface area contributed by atoms with Crippen LogP contribution >= 0.6 is 0 Å². The van der Waals surface area contributed by atoms with Gasteiger partial charge < -0.3 is 39.4 Å². The fourth-order valence-electron chi connectivity index (χ4n) is 8.06. The summed E-state index contributed by atoms with van der Waals surface area (Å²) in [4.78, 5) is 12.8. The van der Waals surface area contributed by atoms with Gasteiger partial charge in [0.25, 0.3) is 0 Å². The summed E-state index contributed by atoms with van der Waals surface area (Å²) in [7, 11) is 0. The molecule has 1 rings (SSSR count). The molecular formula is C52H98O9. The summed E-state index contributed by atoms with van der Waals surface area (Å²) in [5.74, 6) is -0.324. The number of hydrogen-bond donors (Lipinski definition) is 4. The van der Waals surface area contributed by atoms with E-state index in [4.69, 9.17) is 18.9 Å². The highest BCUT2D eigenvalue weighted by Gasteiger charge is 2.44. The van der Waals surface area contributed by atoms with Crippen LogP contribution in [0.5, 0.6) is 0 Å². The Balaban J connectivity index is 2.13. The van der Waals surface area contributed by atoms with Gasteiger partial charge in [0, 0.05) is 13.0 Å². The van der Waals surface area contributed by atoms with Gasteiger partial charge in [-0.1, -0.05) is 218 Å². The minimum Gasteiger partial charge on any atom is -0.457 e. The van der Waals surface area contributed by atoms with Crippen molar-refractivity contribution in [2.75, 3.05) is 26.4 Å². The van der Waals surface area contributed by atoms with Gasteiger partial charge in [-0.25, -0.2) is 0 Å². The third kappa shape index (κ3) is 34.7. The highest BCUT2D eigenvalue weighted by molar-refractivity contribution is 5.69. The van der Waals surface area contributed by atoms with E-state index in [1.54, 1.807) is 0 Å². The van der Waals surface area contributed by atoms with Crippen molar-refractivity contribution < 1.29 is 44.2 Å². The maximum absolute atomic E-state index is 12.8. The van der Waals surface area contributed by atoms with E-state index in [-0.39, 0.29) is 19.2 Å². The molecule has 4 N–H and O–H groups in total. The Bertz CT molecular complexity index is 988. The quantitative estimate of drug-likeness (QED) is 0.0268. The molecule has 1 aliphatic heterocycles. The topological polar surface area (TPSA) is 135 Å². The number of esters is 1. The van der Waals surface area contributed by atoms with E-state index in [1.807, 2.05) is 0 Å². The highest BCUT2D eigenvalue weighted by atomic mass is 16.7. The molecule has 1 heterocycles. The van der Waals surface area contributed by atoms with Gasteiger partial charge in [-0.15, -0.1) is 0 Å². The molecule has 0 radical (unpaired) electrons. The van der Waals surface area contributed by atoms with Gasteiger partial charge in [0.05, 0.1) is 19.8 Å². The molecule has 0 saturated carbocycles. The van der Waals surface area contributed by atoms with Crippen LogP contribution in [0, 0.1) is 0 Å². The van der Waals surface area contributed by atoms with Crippen LogP contribution in [0.15, 0.2) is 24.3 Å². The van der Waals surface area contributed by atoms with Crippen molar-refractivity contribution in [2.24, 2.45) is 0 Å². The number of carbonyl (C=O) groups excluding carboxylic acids is 1. The van der Waals surface area contributed by atoms with Gasteiger partial charge in [-0.3, -0.25) is 4.79 Å². The van der Waals surface area contributed by atoms with Crippen molar-refractivity contribution in [1.82, 2.24) is 0 Å². The van der Waals surface area contributed by atoms with Crippen LogP contribution in [0.4, 0.5) is 0 Å². The van der Waals surface area contributed by atoms with Crippen molar-refractivity contribution in [3.63, 3.8) is 0 Å². The molecule has 0 spiro atoms. The van der Waals surface area contributed by atoms with Crippen molar-refractivity contribution in [3.8, 4) is 0 Å². The average Bonchev–Trinajstić information content (AvgIpc) is 3.26. The fourth-order valence-corrected chi connectivity index (χ4v) is 8.06. The maximum Gasteiger partial charge on any atom is 0.306 e. The summed E-state index contributed by atoms with van der Waals surface area (Å²) < 4.78 is 22.9. The number of unbranched alkanes of at least 4 members (excludes halogenated alkanes) is 30. The zero-order valence-corrected chi connectivity index (χ0v) is 39.7. The molecule has 9 nitrogen and oxygen atoms in total. The van der Waals surface area contributed by atoms with Crippen molar-refractivity contribution in [1.29, 1.82) is 0 Å². The lowest BCUT2D eigenvalue weighted by Crippen LogP contribution is -2.59. The summed E-state index contributed by atoms with van der Waals surface area (Å²) in [6.07, 6.45) is 45.1. The van der Waals surface area contributed by atoms with Gasteiger partial charge in [-0.2, -0.15) is 0 Å². The molecule has 0 aromatic rings. The van der Waals surface area contributed by atoms with Crippen LogP contribution in [0.3, 0.4) is 0 Å². The number of aliphatic hydroxyl groups is 4. The lowest BCUT2D eigenvalue weighted by Gasteiger charge is -2.39. The number of ether oxygens (including phenoxy) is 4. The Kier molecular flexibility index (Phi) is 41.5. The molecule has 61 heavy (non-hydrogen) atoms. The number of carbonyl (C=O) groups is 1. The Labute approximate surface area is 375 Å². The van der Waals surface area contributed by atoms with E-state index < -0.39 is 43.4 Å². The van der Waals surface area contributed by atoms with E-state index in [0.717, 1.165) is 64.2 Å². The molecule has 1 saturated heterocycles. The van der Waals surface area contributed by atoms with E-state index in [1.165, 1.54) is 154 Å². The van der Waals surface area contributed by atoms with Crippen molar-refractivity contribution in [3.05, 3.63) is 24.3 Å². The van der Waals surface area contributed by atoms with E-state index in [2.05, 4.69) is 38.2 Å². The maximum atomic E-state index is 12.8.